The second-order valence-corrected chi connectivity index (χ2v) is 8.36. The Morgan fingerprint density at radius 1 is 1.34 bits per heavy atom. The van der Waals surface area contributed by atoms with Crippen LogP contribution in [0.1, 0.15) is 31.2 Å². The number of halogens is 1. The summed E-state index contributed by atoms with van der Waals surface area (Å²) in [4.78, 5) is 11.2. The van der Waals surface area contributed by atoms with Crippen molar-refractivity contribution in [1.29, 1.82) is 5.26 Å². The predicted octanol–water partition coefficient (Wildman–Crippen LogP) is 2.46. The molecule has 2 unspecified atom stereocenters. The average Bonchev–Trinajstić information content (AvgIpc) is 3.26. The van der Waals surface area contributed by atoms with Crippen LogP contribution >= 0.6 is 0 Å². The number of rotatable bonds is 7. The summed E-state index contributed by atoms with van der Waals surface area (Å²) in [5.41, 5.74) is 1.56. The minimum absolute atomic E-state index is 0.252. The van der Waals surface area contributed by atoms with Crippen molar-refractivity contribution in [3.8, 4) is 6.07 Å². The Morgan fingerprint density at radius 2 is 2.17 bits per heavy atom. The first-order valence-corrected chi connectivity index (χ1v) is 10.1. The Morgan fingerprint density at radius 3 is 2.83 bits per heavy atom. The smallest absolute Gasteiger partial charge is 0.229 e. The van der Waals surface area contributed by atoms with E-state index < -0.39 is 6.17 Å². The van der Waals surface area contributed by atoms with Gasteiger partial charge in [0.05, 0.1) is 29.9 Å². The minimum Gasteiger partial charge on any atom is -0.352 e. The van der Waals surface area contributed by atoms with Crippen molar-refractivity contribution >= 4 is 17.5 Å². The maximum atomic E-state index is 13.4. The highest BCUT2D eigenvalue weighted by molar-refractivity contribution is 5.57. The van der Waals surface area contributed by atoms with Gasteiger partial charge < -0.3 is 15.5 Å². The Hall–Kier alpha value is -2.73. The molecular weight excluding hydrogens is 371 g/mol. The van der Waals surface area contributed by atoms with Crippen LogP contribution in [0.2, 0.25) is 0 Å². The monoisotopic (exact) mass is 398 g/mol. The predicted molar refractivity (Wildman–Crippen MR) is 109 cm³/mol. The first-order valence-electron chi connectivity index (χ1n) is 10.1. The fourth-order valence-corrected chi connectivity index (χ4v) is 4.26. The first kappa shape index (κ1) is 19.6. The molecule has 8 nitrogen and oxygen atoms in total. The van der Waals surface area contributed by atoms with Gasteiger partial charge >= 0.3 is 0 Å². The van der Waals surface area contributed by atoms with Crippen molar-refractivity contribution in [2.45, 2.75) is 44.3 Å². The van der Waals surface area contributed by atoms with Crippen LogP contribution in [0.4, 0.5) is 21.8 Å². The van der Waals surface area contributed by atoms with Crippen LogP contribution in [-0.4, -0.2) is 51.1 Å². The molecule has 0 radical (unpaired) electrons. The molecule has 154 valence electrons. The molecule has 4 rings (SSSR count). The van der Waals surface area contributed by atoms with Gasteiger partial charge in [-0.25, -0.2) is 9.37 Å². The number of hydrogen-bond acceptors (Lipinski definition) is 7. The zero-order valence-corrected chi connectivity index (χ0v) is 16.9. The lowest BCUT2D eigenvalue weighted by Crippen LogP contribution is -2.70. The van der Waals surface area contributed by atoms with Crippen molar-refractivity contribution in [2.24, 2.45) is 13.0 Å². The zero-order valence-electron chi connectivity index (χ0n) is 16.9. The molecule has 2 atom stereocenters. The summed E-state index contributed by atoms with van der Waals surface area (Å²) >= 11 is 0. The van der Waals surface area contributed by atoms with Crippen LogP contribution in [0, 0.1) is 24.2 Å². The van der Waals surface area contributed by atoms with Gasteiger partial charge in [0.2, 0.25) is 5.95 Å². The van der Waals surface area contributed by atoms with Crippen molar-refractivity contribution in [2.75, 3.05) is 29.9 Å². The molecule has 2 aliphatic rings. The van der Waals surface area contributed by atoms with E-state index in [1.807, 2.05) is 20.2 Å². The van der Waals surface area contributed by atoms with Gasteiger partial charge in [-0.1, -0.05) is 0 Å². The van der Waals surface area contributed by atoms with E-state index >= 15 is 0 Å². The summed E-state index contributed by atoms with van der Waals surface area (Å²) in [6, 6.07) is 2.31. The first-order chi connectivity index (χ1) is 14.0. The van der Waals surface area contributed by atoms with Gasteiger partial charge in [-0.05, 0) is 38.6 Å². The highest BCUT2D eigenvalue weighted by Crippen LogP contribution is 2.33. The highest BCUT2D eigenvalue weighted by Gasteiger charge is 2.44. The molecule has 2 fully saturated rings. The van der Waals surface area contributed by atoms with Crippen LogP contribution in [0.15, 0.2) is 18.6 Å². The van der Waals surface area contributed by atoms with Gasteiger partial charge in [-0.2, -0.15) is 15.3 Å². The third kappa shape index (κ3) is 4.32. The number of hydrogen-bond donors (Lipinski definition) is 2. The molecule has 3 heterocycles. The van der Waals surface area contributed by atoms with Crippen molar-refractivity contribution in [3.05, 3.63) is 24.2 Å². The molecule has 1 saturated heterocycles. The van der Waals surface area contributed by atoms with Crippen LogP contribution < -0.4 is 15.5 Å². The number of nitrogens with one attached hydrogen (secondary N) is 2. The van der Waals surface area contributed by atoms with Crippen LogP contribution in [0.3, 0.4) is 0 Å². The molecule has 2 N–H and O–H groups in total. The van der Waals surface area contributed by atoms with Crippen LogP contribution in [0.25, 0.3) is 0 Å². The Labute approximate surface area is 170 Å². The SMILES string of the molecule is Cc1cnc(Nc2cnn(C)c2)nc1N1CC(CC#N)(NCC2CCC(F)C2)C1. The van der Waals surface area contributed by atoms with E-state index in [2.05, 4.69) is 36.7 Å². The van der Waals surface area contributed by atoms with Gasteiger partial charge in [0.25, 0.3) is 0 Å². The largest absolute Gasteiger partial charge is 0.352 e. The number of nitriles is 1. The fraction of sp³-hybridized carbons (Fsp3) is 0.600. The highest BCUT2D eigenvalue weighted by atomic mass is 19.1. The van der Waals surface area contributed by atoms with Crippen molar-refractivity contribution < 1.29 is 4.39 Å². The molecule has 1 saturated carbocycles. The Kier molecular flexibility index (Phi) is 5.37. The van der Waals surface area contributed by atoms with Gasteiger partial charge in [0.1, 0.15) is 12.0 Å². The van der Waals surface area contributed by atoms with E-state index in [4.69, 9.17) is 0 Å². The number of anilines is 3. The van der Waals surface area contributed by atoms with E-state index in [0.717, 1.165) is 30.0 Å². The summed E-state index contributed by atoms with van der Waals surface area (Å²) in [5, 5.41) is 20.2. The molecular formula is C20H27FN8. The maximum absolute atomic E-state index is 13.4. The van der Waals surface area contributed by atoms with Crippen LogP contribution in [-0.2, 0) is 7.05 Å². The molecule has 1 aliphatic heterocycles. The summed E-state index contributed by atoms with van der Waals surface area (Å²) in [5.74, 6) is 1.75. The topological polar surface area (TPSA) is 94.7 Å². The van der Waals surface area contributed by atoms with E-state index in [0.29, 0.717) is 44.2 Å². The van der Waals surface area contributed by atoms with Gasteiger partial charge in [0.15, 0.2) is 0 Å². The minimum atomic E-state index is -0.666. The summed E-state index contributed by atoms with van der Waals surface area (Å²) in [6.45, 7) is 4.17. The molecule has 2 aromatic heterocycles. The lowest BCUT2D eigenvalue weighted by molar-refractivity contribution is 0.239. The number of aryl methyl sites for hydroxylation is 2. The fourth-order valence-electron chi connectivity index (χ4n) is 4.26. The molecule has 1 aliphatic carbocycles. The molecule has 2 aromatic rings. The number of aromatic nitrogens is 4. The van der Waals surface area contributed by atoms with Gasteiger partial charge in [0, 0.05) is 38.1 Å². The maximum Gasteiger partial charge on any atom is 0.229 e. The van der Waals surface area contributed by atoms with E-state index in [9.17, 15) is 9.65 Å². The van der Waals surface area contributed by atoms with Crippen molar-refractivity contribution in [3.63, 3.8) is 0 Å². The molecule has 9 heteroatoms. The van der Waals surface area contributed by atoms with E-state index in [1.165, 1.54) is 0 Å². The third-order valence-electron chi connectivity index (χ3n) is 5.85. The lowest BCUT2D eigenvalue weighted by atomic mass is 9.85. The molecule has 0 spiro atoms. The van der Waals surface area contributed by atoms with Crippen LogP contribution in [0.5, 0.6) is 0 Å². The number of alkyl halides is 1. The average molecular weight is 398 g/mol. The molecule has 0 bridgehead atoms. The quantitative estimate of drug-likeness (QED) is 0.740. The molecule has 0 aromatic carbocycles. The summed E-state index contributed by atoms with van der Waals surface area (Å²) < 4.78 is 15.2. The Bertz CT molecular complexity index is 898. The van der Waals surface area contributed by atoms with Gasteiger partial charge in [-0.15, -0.1) is 0 Å². The lowest BCUT2D eigenvalue weighted by Gasteiger charge is -2.51. The van der Waals surface area contributed by atoms with Gasteiger partial charge in [-0.3, -0.25) is 4.68 Å². The molecule has 29 heavy (non-hydrogen) atoms. The Balaban J connectivity index is 1.41. The third-order valence-corrected chi connectivity index (χ3v) is 5.85. The standard InChI is InChI=1S/C20H27FN8/c1-14-8-23-19(26-17-10-25-28(2)11-17)27-18(14)29-12-20(13-29,5-6-22)24-9-15-3-4-16(21)7-15/h8,10-11,15-16,24H,3-5,7,9,12-13H2,1-2H3,(H,23,26,27). The second-order valence-electron chi connectivity index (χ2n) is 8.36. The summed E-state index contributed by atoms with van der Waals surface area (Å²) in [6.07, 6.45) is 7.37. The normalized spacial score (nSPS) is 22.9. The van der Waals surface area contributed by atoms with E-state index in [1.54, 1.807) is 17.1 Å². The second kappa shape index (κ2) is 7.95. The van der Waals surface area contributed by atoms with Crippen molar-refractivity contribution in [1.82, 2.24) is 25.1 Å². The number of nitrogens with zero attached hydrogens (tertiary/aromatic N) is 6. The van der Waals surface area contributed by atoms with E-state index in [-0.39, 0.29) is 5.54 Å². The zero-order chi connectivity index (χ0) is 20.4. The summed E-state index contributed by atoms with van der Waals surface area (Å²) in [7, 11) is 1.85. The molecule has 0 amide bonds.